The van der Waals surface area contributed by atoms with Crippen molar-refractivity contribution in [2.75, 3.05) is 6.54 Å². The van der Waals surface area contributed by atoms with Gasteiger partial charge in [0.05, 0.1) is 0 Å². The number of para-hydroxylation sites is 1. The first kappa shape index (κ1) is 16.5. The second-order valence-electron chi connectivity index (χ2n) is 6.41. The number of nitrogens with one attached hydrogen (secondary N) is 2. The number of benzene rings is 2. The van der Waals surface area contributed by atoms with E-state index in [-0.39, 0.29) is 18.7 Å². The van der Waals surface area contributed by atoms with Gasteiger partial charge in [0.15, 0.2) is 5.54 Å². The van der Waals surface area contributed by atoms with Crippen molar-refractivity contribution in [3.05, 3.63) is 70.4 Å². The number of aromatic amines is 1. The van der Waals surface area contributed by atoms with Crippen LogP contribution in [0.25, 0.3) is 10.9 Å². The van der Waals surface area contributed by atoms with Crippen molar-refractivity contribution < 1.29 is 13.2 Å². The Kier molecular flexibility index (Phi) is 3.81. The third-order valence-electron chi connectivity index (χ3n) is 4.91. The number of rotatable bonds is 2. The summed E-state index contributed by atoms with van der Waals surface area (Å²) in [4.78, 5) is 3.04. The van der Waals surface area contributed by atoms with Crippen molar-refractivity contribution >= 4 is 22.5 Å². The normalized spacial score (nSPS) is 20.6. The molecule has 4 rings (SSSR count). The lowest BCUT2D eigenvalue weighted by Gasteiger charge is -2.40. The maximum absolute atomic E-state index is 14.3. The zero-order valence-corrected chi connectivity index (χ0v) is 14.0. The van der Waals surface area contributed by atoms with E-state index in [0.717, 1.165) is 16.5 Å². The van der Waals surface area contributed by atoms with Crippen LogP contribution < -0.4 is 5.32 Å². The van der Waals surface area contributed by atoms with Crippen molar-refractivity contribution in [3.8, 4) is 0 Å². The third kappa shape index (κ3) is 2.62. The molecule has 3 aromatic rings. The number of fused-ring (bicyclic) bond motifs is 3. The van der Waals surface area contributed by atoms with E-state index in [9.17, 15) is 13.2 Å². The number of hydrogen-bond donors (Lipinski definition) is 2. The average Bonchev–Trinajstić information content (AvgIpc) is 2.96. The molecule has 0 fully saturated rings. The van der Waals surface area contributed by atoms with Crippen molar-refractivity contribution in [1.82, 2.24) is 10.3 Å². The smallest absolute Gasteiger partial charge is 0.356 e. The second-order valence-corrected chi connectivity index (χ2v) is 6.84. The summed E-state index contributed by atoms with van der Waals surface area (Å²) in [6.07, 6.45) is -4.06. The van der Waals surface area contributed by atoms with Crippen molar-refractivity contribution in [2.24, 2.45) is 0 Å². The minimum absolute atomic E-state index is 0.187. The van der Waals surface area contributed by atoms with E-state index >= 15 is 0 Å². The topological polar surface area (TPSA) is 27.8 Å². The summed E-state index contributed by atoms with van der Waals surface area (Å²) < 4.78 is 42.8. The van der Waals surface area contributed by atoms with Gasteiger partial charge in [-0.05, 0) is 35.7 Å². The van der Waals surface area contributed by atoms with E-state index in [1.165, 1.54) is 0 Å². The molecule has 1 aliphatic heterocycles. The lowest BCUT2D eigenvalue weighted by molar-refractivity contribution is -0.203. The first-order valence-corrected chi connectivity index (χ1v) is 8.45. The number of H-pyrrole nitrogens is 1. The van der Waals surface area contributed by atoms with Crippen molar-refractivity contribution in [3.63, 3.8) is 0 Å². The Morgan fingerprint density at radius 3 is 2.48 bits per heavy atom. The Morgan fingerprint density at radius 1 is 1.04 bits per heavy atom. The van der Waals surface area contributed by atoms with E-state index in [0.29, 0.717) is 17.0 Å². The number of aromatic nitrogens is 1. The molecule has 0 saturated carbocycles. The summed E-state index contributed by atoms with van der Waals surface area (Å²) in [6, 6.07) is 13.9. The molecule has 0 saturated heterocycles. The predicted molar refractivity (Wildman–Crippen MR) is 92.9 cm³/mol. The fraction of sp³-hybridized carbons (Fsp3) is 0.263. The molecule has 25 heavy (non-hydrogen) atoms. The highest BCUT2D eigenvalue weighted by molar-refractivity contribution is 6.30. The lowest BCUT2D eigenvalue weighted by Crippen LogP contribution is -2.58. The summed E-state index contributed by atoms with van der Waals surface area (Å²) in [5.74, 6) is 0. The van der Waals surface area contributed by atoms with Crippen LogP contribution in [0, 0.1) is 0 Å². The van der Waals surface area contributed by atoms with Crippen LogP contribution in [0.1, 0.15) is 16.8 Å². The molecule has 6 heteroatoms. The largest absolute Gasteiger partial charge is 0.412 e. The van der Waals surface area contributed by atoms with Gasteiger partial charge in [-0.15, -0.1) is 0 Å². The van der Waals surface area contributed by atoms with E-state index in [2.05, 4.69) is 10.3 Å². The Bertz CT molecular complexity index is 915. The fourth-order valence-corrected chi connectivity index (χ4v) is 3.84. The van der Waals surface area contributed by atoms with Gasteiger partial charge in [0, 0.05) is 34.6 Å². The number of halogens is 4. The molecule has 2 heterocycles. The van der Waals surface area contributed by atoms with Gasteiger partial charge in [-0.1, -0.05) is 41.9 Å². The van der Waals surface area contributed by atoms with Gasteiger partial charge in [0.25, 0.3) is 0 Å². The van der Waals surface area contributed by atoms with Gasteiger partial charge in [0.2, 0.25) is 0 Å². The van der Waals surface area contributed by atoms with Gasteiger partial charge < -0.3 is 4.98 Å². The second kappa shape index (κ2) is 5.78. The van der Waals surface area contributed by atoms with Crippen LogP contribution in [0.15, 0.2) is 48.5 Å². The molecule has 1 aliphatic rings. The molecular formula is C19H16ClF3N2. The highest BCUT2D eigenvalue weighted by atomic mass is 35.5. The zero-order valence-electron chi connectivity index (χ0n) is 13.3. The van der Waals surface area contributed by atoms with Gasteiger partial charge in [0.1, 0.15) is 0 Å². The van der Waals surface area contributed by atoms with Crippen LogP contribution in [0.4, 0.5) is 13.2 Å². The number of alkyl halides is 3. The minimum Gasteiger partial charge on any atom is -0.356 e. The average molecular weight is 365 g/mol. The van der Waals surface area contributed by atoms with Gasteiger partial charge in [-0.3, -0.25) is 5.32 Å². The van der Waals surface area contributed by atoms with Gasteiger partial charge in [-0.2, -0.15) is 13.2 Å². The minimum atomic E-state index is -4.44. The van der Waals surface area contributed by atoms with Crippen LogP contribution in [0.2, 0.25) is 5.02 Å². The fourth-order valence-electron chi connectivity index (χ4n) is 3.71. The Labute approximate surface area is 148 Å². The first-order chi connectivity index (χ1) is 11.9. The summed E-state index contributed by atoms with van der Waals surface area (Å²) in [7, 11) is 0. The zero-order chi connectivity index (χ0) is 17.7. The van der Waals surface area contributed by atoms with E-state index < -0.39 is 11.7 Å². The molecule has 2 aromatic carbocycles. The molecule has 0 spiro atoms. The first-order valence-electron chi connectivity index (χ1n) is 8.07. The molecule has 2 N–H and O–H groups in total. The van der Waals surface area contributed by atoms with Gasteiger partial charge >= 0.3 is 6.18 Å². The molecule has 2 nitrogen and oxygen atoms in total. The monoisotopic (exact) mass is 364 g/mol. The highest BCUT2D eigenvalue weighted by Gasteiger charge is 2.58. The van der Waals surface area contributed by atoms with Crippen molar-refractivity contribution in [2.45, 2.75) is 24.6 Å². The summed E-state index contributed by atoms with van der Waals surface area (Å²) in [5.41, 5.74) is 0.165. The molecule has 130 valence electrons. The molecule has 1 atom stereocenters. The Morgan fingerprint density at radius 2 is 1.76 bits per heavy atom. The van der Waals surface area contributed by atoms with E-state index in [4.69, 9.17) is 11.6 Å². The Hall–Kier alpha value is -1.98. The van der Waals surface area contributed by atoms with Gasteiger partial charge in [-0.25, -0.2) is 0 Å². The summed E-state index contributed by atoms with van der Waals surface area (Å²) in [6.45, 7) is 0.280. The Balaban J connectivity index is 1.90. The maximum Gasteiger partial charge on any atom is 0.412 e. The van der Waals surface area contributed by atoms with E-state index in [1.54, 1.807) is 24.3 Å². The predicted octanol–water partition coefficient (Wildman–Crippen LogP) is 4.97. The third-order valence-corrected chi connectivity index (χ3v) is 5.16. The van der Waals surface area contributed by atoms with Crippen LogP contribution in [0.5, 0.6) is 0 Å². The highest BCUT2D eigenvalue weighted by Crippen LogP contribution is 2.46. The molecule has 0 radical (unpaired) electrons. The van der Waals surface area contributed by atoms with Crippen LogP contribution in [-0.4, -0.2) is 17.7 Å². The summed E-state index contributed by atoms with van der Waals surface area (Å²) in [5, 5.41) is 4.14. The molecule has 1 unspecified atom stereocenters. The SMILES string of the molecule is FC(F)(F)C1(Cc2ccc(Cl)cc2)NCCc2c1[nH]c1ccccc21. The van der Waals surface area contributed by atoms with Crippen molar-refractivity contribution in [1.29, 1.82) is 0 Å². The molecular weight excluding hydrogens is 349 g/mol. The quantitative estimate of drug-likeness (QED) is 0.660. The standard InChI is InChI=1S/C19H16ClF3N2/c20-13-7-5-12(6-8-13)11-18(19(21,22)23)17-15(9-10-24-18)14-3-1-2-4-16(14)25-17/h1-8,24-25H,9-11H2. The maximum atomic E-state index is 14.3. The molecule has 0 bridgehead atoms. The van der Waals surface area contributed by atoms with E-state index in [1.807, 2.05) is 24.3 Å². The van der Waals surface area contributed by atoms with Crippen LogP contribution in [0.3, 0.4) is 0 Å². The number of hydrogen-bond acceptors (Lipinski definition) is 1. The molecule has 0 amide bonds. The van der Waals surface area contributed by atoms with Crippen LogP contribution in [-0.2, 0) is 18.4 Å². The molecule has 1 aromatic heterocycles. The molecule has 0 aliphatic carbocycles. The summed E-state index contributed by atoms with van der Waals surface area (Å²) >= 11 is 5.87. The lowest BCUT2D eigenvalue weighted by atomic mass is 9.81. The van der Waals surface area contributed by atoms with Crippen LogP contribution >= 0.6 is 11.6 Å².